The lowest BCUT2D eigenvalue weighted by atomic mass is 10.2. The van der Waals surface area contributed by atoms with Gasteiger partial charge in [-0.15, -0.1) is 11.3 Å². The van der Waals surface area contributed by atoms with Crippen molar-refractivity contribution < 1.29 is 21.9 Å². The van der Waals surface area contributed by atoms with Gasteiger partial charge in [-0.1, -0.05) is 6.07 Å². The highest BCUT2D eigenvalue weighted by Gasteiger charge is 2.13. The van der Waals surface area contributed by atoms with Crippen molar-refractivity contribution in [2.24, 2.45) is 10.9 Å². The summed E-state index contributed by atoms with van der Waals surface area (Å²) < 4.78 is 39.6. The largest absolute Gasteiger partial charge is 0.367 e. The zero-order chi connectivity index (χ0) is 15.6. The van der Waals surface area contributed by atoms with Gasteiger partial charge in [-0.2, -0.15) is 8.42 Å². The number of nitrogens with one attached hydrogen (secondary N) is 1. The maximum absolute atomic E-state index is 13.5. The van der Waals surface area contributed by atoms with Crippen LogP contribution in [-0.4, -0.2) is 26.5 Å². The molecule has 10 heteroatoms. The van der Waals surface area contributed by atoms with Crippen LogP contribution in [0.3, 0.4) is 0 Å². The van der Waals surface area contributed by atoms with Crippen LogP contribution < -0.4 is 11.1 Å². The minimum absolute atomic E-state index is 0.201. The molecule has 21 heavy (non-hydrogen) atoms. The van der Waals surface area contributed by atoms with E-state index in [-0.39, 0.29) is 4.88 Å². The average Bonchev–Trinajstić information content (AvgIpc) is 2.81. The number of carbonyl (C=O) groups excluding carboxylic acids is 1. The number of amides is 1. The number of hydrogen-bond acceptors (Lipinski definition) is 6. The maximum Gasteiger partial charge on any atom is 0.325 e. The van der Waals surface area contributed by atoms with Gasteiger partial charge >= 0.3 is 10.1 Å². The third-order valence-electron chi connectivity index (χ3n) is 2.24. The first-order valence-corrected chi connectivity index (χ1v) is 8.11. The van der Waals surface area contributed by atoms with Crippen molar-refractivity contribution in [1.82, 2.24) is 5.32 Å². The molecule has 1 aromatic carbocycles. The SMILES string of the molecule is CS(=O)(=O)ON=C(N)NC(=O)c1cc2c(F)cccc2s1. The molecular formula is C11H10FN3O4S2. The van der Waals surface area contributed by atoms with Crippen molar-refractivity contribution >= 4 is 43.4 Å². The fourth-order valence-corrected chi connectivity index (χ4v) is 2.63. The van der Waals surface area contributed by atoms with Gasteiger partial charge in [0.1, 0.15) is 5.82 Å². The smallest absolute Gasteiger partial charge is 0.325 e. The molecule has 0 radical (unpaired) electrons. The van der Waals surface area contributed by atoms with Gasteiger partial charge < -0.3 is 5.73 Å². The Balaban J connectivity index is 2.17. The van der Waals surface area contributed by atoms with Crippen LogP contribution in [0.15, 0.2) is 29.4 Å². The van der Waals surface area contributed by atoms with Crippen molar-refractivity contribution in [2.45, 2.75) is 0 Å². The number of guanidine groups is 1. The van der Waals surface area contributed by atoms with Gasteiger partial charge in [-0.05, 0) is 23.4 Å². The third-order valence-corrected chi connectivity index (χ3v) is 3.69. The number of carbonyl (C=O) groups is 1. The van der Waals surface area contributed by atoms with Crippen molar-refractivity contribution in [1.29, 1.82) is 0 Å². The van der Waals surface area contributed by atoms with Gasteiger partial charge in [0.15, 0.2) is 0 Å². The van der Waals surface area contributed by atoms with Crippen molar-refractivity contribution in [2.75, 3.05) is 6.26 Å². The zero-order valence-electron chi connectivity index (χ0n) is 10.7. The molecule has 0 fully saturated rings. The van der Waals surface area contributed by atoms with E-state index in [1.165, 1.54) is 18.2 Å². The molecule has 0 aliphatic carbocycles. The monoisotopic (exact) mass is 331 g/mol. The molecule has 0 unspecified atom stereocenters. The van der Waals surface area contributed by atoms with Gasteiger partial charge in [0.05, 0.1) is 11.1 Å². The molecule has 112 valence electrons. The van der Waals surface area contributed by atoms with E-state index in [0.717, 1.165) is 17.6 Å². The Morgan fingerprint density at radius 1 is 1.48 bits per heavy atom. The summed E-state index contributed by atoms with van der Waals surface area (Å²) in [6, 6.07) is 5.86. The standard InChI is InChI=1S/C11H10FN3O4S2/c1-21(17,18)19-15-11(13)14-10(16)9-5-6-7(12)3-2-4-8(6)20-9/h2-5H,1H3,(H3,13,14,15,16). The second-order valence-corrected chi connectivity index (χ2v) is 6.61. The maximum atomic E-state index is 13.5. The number of rotatable bonds is 3. The topological polar surface area (TPSA) is 111 Å². The minimum Gasteiger partial charge on any atom is -0.367 e. The van der Waals surface area contributed by atoms with E-state index in [1.807, 2.05) is 0 Å². The predicted molar refractivity (Wildman–Crippen MR) is 76.8 cm³/mol. The molecule has 7 nitrogen and oxygen atoms in total. The minimum atomic E-state index is -3.81. The number of oxime groups is 1. The van der Waals surface area contributed by atoms with Crippen LogP contribution in [-0.2, 0) is 14.4 Å². The Morgan fingerprint density at radius 2 is 2.19 bits per heavy atom. The third kappa shape index (κ3) is 3.89. The van der Waals surface area contributed by atoms with Gasteiger partial charge in [0.25, 0.3) is 5.91 Å². The zero-order valence-corrected chi connectivity index (χ0v) is 12.3. The van der Waals surface area contributed by atoms with E-state index >= 15 is 0 Å². The Labute approximate surface area is 123 Å². The summed E-state index contributed by atoms with van der Waals surface area (Å²) in [5.74, 6) is -1.61. The van der Waals surface area contributed by atoms with E-state index < -0.39 is 27.8 Å². The Kier molecular flexibility index (Phi) is 4.09. The van der Waals surface area contributed by atoms with Gasteiger partial charge in [-0.3, -0.25) is 14.4 Å². The molecular weight excluding hydrogens is 321 g/mol. The van der Waals surface area contributed by atoms with Gasteiger partial charge in [0, 0.05) is 10.1 Å². The second kappa shape index (κ2) is 5.66. The first-order valence-electron chi connectivity index (χ1n) is 5.48. The Morgan fingerprint density at radius 3 is 2.81 bits per heavy atom. The number of thiophene rings is 1. The molecule has 0 saturated carbocycles. The van der Waals surface area contributed by atoms with Crippen LogP contribution in [0.25, 0.3) is 10.1 Å². The van der Waals surface area contributed by atoms with E-state index in [1.54, 1.807) is 6.07 Å². The molecule has 0 spiro atoms. The fourth-order valence-electron chi connectivity index (χ4n) is 1.45. The number of benzene rings is 1. The highest BCUT2D eigenvalue weighted by molar-refractivity contribution is 7.85. The van der Waals surface area contributed by atoms with Crippen LogP contribution in [0.2, 0.25) is 0 Å². The summed E-state index contributed by atoms with van der Waals surface area (Å²) in [5, 5.41) is 5.49. The van der Waals surface area contributed by atoms with E-state index in [2.05, 4.69) is 14.8 Å². The molecule has 0 bridgehead atoms. The van der Waals surface area contributed by atoms with Gasteiger partial charge in [-0.25, -0.2) is 4.39 Å². The number of nitrogens with two attached hydrogens (primary N) is 1. The molecule has 2 aromatic rings. The van der Waals surface area contributed by atoms with E-state index in [4.69, 9.17) is 5.73 Å². The van der Waals surface area contributed by atoms with Crippen molar-refractivity contribution in [3.05, 3.63) is 35.0 Å². The normalized spacial score (nSPS) is 12.4. The molecule has 1 amide bonds. The molecule has 0 saturated heterocycles. The molecule has 0 aliphatic heterocycles. The molecule has 2 rings (SSSR count). The summed E-state index contributed by atoms with van der Waals surface area (Å²) in [6.07, 6.45) is 0.778. The highest BCUT2D eigenvalue weighted by atomic mass is 32.2. The summed E-state index contributed by atoms with van der Waals surface area (Å²) in [5.41, 5.74) is 5.30. The first-order chi connectivity index (χ1) is 9.76. The summed E-state index contributed by atoms with van der Waals surface area (Å²) in [4.78, 5) is 12.1. The van der Waals surface area contributed by atoms with Crippen molar-refractivity contribution in [3.63, 3.8) is 0 Å². The van der Waals surface area contributed by atoms with E-state index in [9.17, 15) is 17.6 Å². The molecule has 0 atom stereocenters. The highest BCUT2D eigenvalue weighted by Crippen LogP contribution is 2.27. The van der Waals surface area contributed by atoms with Crippen LogP contribution in [0, 0.1) is 5.82 Å². The Hall–Kier alpha value is -2.20. The number of nitrogens with zero attached hydrogens (tertiary/aromatic N) is 1. The van der Waals surface area contributed by atoms with Gasteiger partial charge in [0.2, 0.25) is 5.96 Å². The molecule has 3 N–H and O–H groups in total. The van der Waals surface area contributed by atoms with Crippen molar-refractivity contribution in [3.8, 4) is 0 Å². The summed E-state index contributed by atoms with van der Waals surface area (Å²) in [7, 11) is -3.81. The number of hydrogen-bond donors (Lipinski definition) is 2. The summed E-state index contributed by atoms with van der Waals surface area (Å²) in [6.45, 7) is 0. The predicted octanol–water partition coefficient (Wildman–Crippen LogP) is 0.976. The Bertz CT molecular complexity index is 829. The molecule has 1 aromatic heterocycles. The van der Waals surface area contributed by atoms with Crippen LogP contribution in [0.4, 0.5) is 4.39 Å². The first kappa shape index (κ1) is 15.2. The molecule has 0 aliphatic rings. The lowest BCUT2D eigenvalue weighted by molar-refractivity contribution is 0.0979. The lowest BCUT2D eigenvalue weighted by Crippen LogP contribution is -2.36. The number of halogens is 1. The molecule has 1 heterocycles. The van der Waals surface area contributed by atoms with Crippen LogP contribution in [0.1, 0.15) is 9.67 Å². The quantitative estimate of drug-likeness (QED) is 0.495. The number of fused-ring (bicyclic) bond motifs is 1. The van der Waals surface area contributed by atoms with E-state index in [0.29, 0.717) is 10.1 Å². The van der Waals surface area contributed by atoms with Crippen LogP contribution in [0.5, 0.6) is 0 Å². The lowest BCUT2D eigenvalue weighted by Gasteiger charge is -2.01. The average molecular weight is 331 g/mol. The second-order valence-electron chi connectivity index (χ2n) is 3.97. The fraction of sp³-hybridized carbons (Fsp3) is 0.0909. The summed E-state index contributed by atoms with van der Waals surface area (Å²) >= 11 is 1.06. The van der Waals surface area contributed by atoms with Crippen LogP contribution >= 0.6 is 11.3 Å².